The van der Waals surface area contributed by atoms with E-state index in [9.17, 15) is 5.26 Å². The van der Waals surface area contributed by atoms with Crippen molar-refractivity contribution in [3.8, 4) is 6.07 Å². The second-order valence-electron chi connectivity index (χ2n) is 4.79. The lowest BCUT2D eigenvalue weighted by molar-refractivity contribution is 1.07. The molecule has 1 aromatic carbocycles. The second kappa shape index (κ2) is 5.11. The van der Waals surface area contributed by atoms with Crippen LogP contribution in [0.1, 0.15) is 22.4 Å². The molecule has 0 aliphatic rings. The van der Waals surface area contributed by atoms with Crippen molar-refractivity contribution in [3.63, 3.8) is 0 Å². The van der Waals surface area contributed by atoms with E-state index in [-0.39, 0.29) is 0 Å². The molecule has 19 heavy (non-hydrogen) atoms. The van der Waals surface area contributed by atoms with Gasteiger partial charge in [-0.3, -0.25) is 0 Å². The zero-order chi connectivity index (χ0) is 14.0. The summed E-state index contributed by atoms with van der Waals surface area (Å²) in [5, 5.41) is 9.32. The fourth-order valence-electron chi connectivity index (χ4n) is 2.16. The highest BCUT2D eigenvalue weighted by atomic mass is 15.2. The second-order valence-corrected chi connectivity index (χ2v) is 4.79. The third-order valence-corrected chi connectivity index (χ3v) is 3.14. The van der Waals surface area contributed by atoms with Gasteiger partial charge in [-0.2, -0.15) is 5.26 Å². The lowest BCUT2D eigenvalue weighted by Crippen LogP contribution is -2.14. The molecule has 0 aliphatic heterocycles. The summed E-state index contributed by atoms with van der Waals surface area (Å²) in [6.45, 7) is 5.94. The first-order valence-electron chi connectivity index (χ1n) is 6.21. The monoisotopic (exact) mass is 251 g/mol. The summed E-state index contributed by atoms with van der Waals surface area (Å²) in [5.74, 6) is 0.714. The van der Waals surface area contributed by atoms with Crippen molar-refractivity contribution in [2.24, 2.45) is 0 Å². The normalized spacial score (nSPS) is 10.1. The van der Waals surface area contributed by atoms with Crippen LogP contribution in [-0.4, -0.2) is 12.0 Å². The highest BCUT2D eigenvalue weighted by Crippen LogP contribution is 2.27. The largest absolute Gasteiger partial charge is 0.328 e. The summed E-state index contributed by atoms with van der Waals surface area (Å²) < 4.78 is 0. The number of hydrogen-bond donors (Lipinski definition) is 0. The number of aromatic nitrogens is 1. The lowest BCUT2D eigenvalue weighted by atomic mass is 10.1. The Kier molecular flexibility index (Phi) is 3.52. The molecule has 0 fully saturated rings. The van der Waals surface area contributed by atoms with E-state index < -0.39 is 0 Å². The number of nitrogens with zero attached hydrogens (tertiary/aromatic N) is 3. The van der Waals surface area contributed by atoms with Gasteiger partial charge in [0.15, 0.2) is 5.82 Å². The number of hydrogen-bond acceptors (Lipinski definition) is 3. The maximum absolute atomic E-state index is 9.32. The fraction of sp³-hybridized carbons (Fsp3) is 0.250. The van der Waals surface area contributed by atoms with Crippen molar-refractivity contribution >= 4 is 11.5 Å². The van der Waals surface area contributed by atoms with E-state index in [1.165, 1.54) is 5.56 Å². The van der Waals surface area contributed by atoms with Gasteiger partial charge in [0.2, 0.25) is 0 Å². The first-order valence-corrected chi connectivity index (χ1v) is 6.21. The van der Waals surface area contributed by atoms with Gasteiger partial charge in [-0.1, -0.05) is 12.1 Å². The van der Waals surface area contributed by atoms with Crippen LogP contribution in [0.15, 0.2) is 30.3 Å². The average molecular weight is 251 g/mol. The molecule has 0 spiro atoms. The molecule has 0 unspecified atom stereocenters. The smallest absolute Gasteiger partial charge is 0.151 e. The van der Waals surface area contributed by atoms with Crippen molar-refractivity contribution in [2.75, 3.05) is 11.9 Å². The molecular weight excluding hydrogens is 234 g/mol. The van der Waals surface area contributed by atoms with Crippen LogP contribution in [0.2, 0.25) is 0 Å². The van der Waals surface area contributed by atoms with Crippen molar-refractivity contribution in [3.05, 3.63) is 52.7 Å². The van der Waals surface area contributed by atoms with Gasteiger partial charge >= 0.3 is 0 Å². The Morgan fingerprint density at radius 1 is 1.16 bits per heavy atom. The van der Waals surface area contributed by atoms with Gasteiger partial charge in [0.25, 0.3) is 0 Å². The fourth-order valence-corrected chi connectivity index (χ4v) is 2.16. The zero-order valence-electron chi connectivity index (χ0n) is 11.7. The molecule has 0 saturated carbocycles. The Morgan fingerprint density at radius 3 is 2.53 bits per heavy atom. The van der Waals surface area contributed by atoms with E-state index in [0.717, 1.165) is 16.9 Å². The van der Waals surface area contributed by atoms with Gasteiger partial charge in [0.1, 0.15) is 6.07 Å². The third kappa shape index (κ3) is 2.58. The lowest BCUT2D eigenvalue weighted by Gasteiger charge is -2.21. The van der Waals surface area contributed by atoms with Crippen LogP contribution in [0.3, 0.4) is 0 Å². The molecule has 0 radical (unpaired) electrons. The van der Waals surface area contributed by atoms with Gasteiger partial charge in [-0.25, -0.2) is 4.98 Å². The average Bonchev–Trinajstić information content (AvgIpc) is 2.37. The Balaban J connectivity index is 2.56. The molecule has 2 aromatic rings. The number of pyridine rings is 1. The van der Waals surface area contributed by atoms with Gasteiger partial charge in [0.05, 0.1) is 5.56 Å². The summed E-state index contributed by atoms with van der Waals surface area (Å²) in [6, 6.07) is 12.4. The molecule has 1 heterocycles. The minimum absolute atomic E-state index is 0.634. The molecule has 3 heteroatoms. The Labute approximate surface area is 114 Å². The zero-order valence-corrected chi connectivity index (χ0v) is 11.7. The number of aryl methyl sites for hydroxylation is 3. The van der Waals surface area contributed by atoms with E-state index >= 15 is 0 Å². The van der Waals surface area contributed by atoms with Crippen LogP contribution in [-0.2, 0) is 0 Å². The van der Waals surface area contributed by atoms with Crippen LogP contribution < -0.4 is 4.90 Å². The molecule has 0 bridgehead atoms. The summed E-state index contributed by atoms with van der Waals surface area (Å²) in [5.41, 5.74) is 4.74. The number of nitriles is 1. The van der Waals surface area contributed by atoms with Gasteiger partial charge in [0, 0.05) is 18.4 Å². The summed E-state index contributed by atoms with van der Waals surface area (Å²) in [4.78, 5) is 6.48. The predicted octanol–water partition coefficient (Wildman–Crippen LogP) is 3.65. The van der Waals surface area contributed by atoms with Crippen LogP contribution in [0.5, 0.6) is 0 Å². The Hall–Kier alpha value is -2.34. The number of rotatable bonds is 2. The van der Waals surface area contributed by atoms with Crippen LogP contribution in [0.25, 0.3) is 0 Å². The van der Waals surface area contributed by atoms with Crippen LogP contribution >= 0.6 is 0 Å². The highest BCUT2D eigenvalue weighted by Gasteiger charge is 2.14. The van der Waals surface area contributed by atoms with Crippen molar-refractivity contribution in [1.82, 2.24) is 4.98 Å². The molecule has 0 atom stereocenters. The Bertz CT molecular complexity index is 654. The first-order chi connectivity index (χ1) is 9.02. The van der Waals surface area contributed by atoms with Crippen LogP contribution in [0, 0.1) is 32.1 Å². The quantitative estimate of drug-likeness (QED) is 0.818. The summed E-state index contributed by atoms with van der Waals surface area (Å²) in [6.07, 6.45) is 0. The van der Waals surface area contributed by atoms with Gasteiger partial charge in [-0.15, -0.1) is 0 Å². The van der Waals surface area contributed by atoms with Gasteiger partial charge in [-0.05, 0) is 50.1 Å². The maximum Gasteiger partial charge on any atom is 0.151 e. The third-order valence-electron chi connectivity index (χ3n) is 3.14. The van der Waals surface area contributed by atoms with E-state index in [0.29, 0.717) is 11.4 Å². The van der Waals surface area contributed by atoms with E-state index in [4.69, 9.17) is 0 Å². The van der Waals surface area contributed by atoms with Gasteiger partial charge < -0.3 is 4.90 Å². The van der Waals surface area contributed by atoms with Crippen molar-refractivity contribution < 1.29 is 0 Å². The predicted molar refractivity (Wildman–Crippen MR) is 77.7 cm³/mol. The molecule has 0 saturated heterocycles. The topological polar surface area (TPSA) is 39.9 Å². The van der Waals surface area contributed by atoms with E-state index in [2.05, 4.69) is 30.1 Å². The number of anilines is 2. The number of benzene rings is 1. The van der Waals surface area contributed by atoms with E-state index in [1.54, 1.807) is 0 Å². The Morgan fingerprint density at radius 2 is 1.89 bits per heavy atom. The SMILES string of the molecule is Cc1cccc(N(C)c2nc(C)cc(C)c2C#N)c1. The minimum Gasteiger partial charge on any atom is -0.328 e. The standard InChI is InChI=1S/C16H17N3/c1-11-6-5-7-14(8-11)19(4)16-15(10-17)12(2)9-13(3)18-16/h5-9H,1-4H3. The van der Waals surface area contributed by atoms with Crippen LogP contribution in [0.4, 0.5) is 11.5 Å². The first kappa shape index (κ1) is 13.1. The molecular formula is C16H17N3. The summed E-state index contributed by atoms with van der Waals surface area (Å²) in [7, 11) is 1.94. The molecule has 0 aliphatic carbocycles. The van der Waals surface area contributed by atoms with Crippen molar-refractivity contribution in [2.45, 2.75) is 20.8 Å². The molecule has 0 amide bonds. The minimum atomic E-state index is 0.634. The van der Waals surface area contributed by atoms with E-state index in [1.807, 2.05) is 44.0 Å². The molecule has 2 rings (SSSR count). The van der Waals surface area contributed by atoms with Crippen molar-refractivity contribution in [1.29, 1.82) is 5.26 Å². The maximum atomic E-state index is 9.32. The molecule has 3 nitrogen and oxygen atoms in total. The molecule has 1 aromatic heterocycles. The highest BCUT2D eigenvalue weighted by molar-refractivity contribution is 5.67. The molecule has 96 valence electrons. The molecule has 0 N–H and O–H groups in total. The summed E-state index contributed by atoms with van der Waals surface area (Å²) >= 11 is 0.